The zero-order valence-corrected chi connectivity index (χ0v) is 8.02. The molecule has 0 saturated carbocycles. The van der Waals surface area contributed by atoms with Crippen LogP contribution < -0.4 is 5.73 Å². The Labute approximate surface area is 77.0 Å². The molecule has 66 valence electrons. The third kappa shape index (κ3) is 1.67. The molecule has 12 heavy (non-hydrogen) atoms. The molecule has 0 saturated heterocycles. The van der Waals surface area contributed by atoms with Crippen molar-refractivity contribution in [2.45, 2.75) is 26.7 Å². The molecule has 1 heterocycles. The molecule has 2 N–H and O–H groups in total. The zero-order valence-electron chi connectivity index (χ0n) is 7.26. The van der Waals surface area contributed by atoms with Gasteiger partial charge in [-0.1, -0.05) is 13.8 Å². The van der Waals surface area contributed by atoms with Gasteiger partial charge >= 0.3 is 0 Å². The third-order valence-corrected chi connectivity index (χ3v) is 1.92. The van der Waals surface area contributed by atoms with E-state index < -0.39 is 0 Å². The molecule has 0 bridgehead atoms. The fraction of sp³-hybridized carbons (Fsp3) is 0.500. The lowest BCUT2D eigenvalue weighted by molar-refractivity contribution is 0.945. The Hall–Kier alpha value is -0.830. The highest BCUT2D eigenvalue weighted by atomic mass is 35.5. The van der Waals surface area contributed by atoms with Gasteiger partial charge in [0.25, 0.3) is 0 Å². The molecule has 1 rings (SSSR count). The lowest BCUT2D eigenvalue weighted by Gasteiger charge is -2.06. The van der Waals surface area contributed by atoms with Crippen LogP contribution in [0.3, 0.4) is 0 Å². The predicted molar refractivity (Wildman–Crippen MR) is 50.2 cm³/mol. The summed E-state index contributed by atoms with van der Waals surface area (Å²) in [5.41, 5.74) is 8.15. The molecule has 1 aromatic heterocycles. The van der Waals surface area contributed by atoms with Gasteiger partial charge in [0.05, 0.1) is 17.1 Å². The number of halogens is 1. The van der Waals surface area contributed by atoms with E-state index in [0.717, 1.165) is 24.2 Å². The van der Waals surface area contributed by atoms with Crippen LogP contribution in [0, 0.1) is 0 Å². The highest BCUT2D eigenvalue weighted by Gasteiger charge is 2.06. The van der Waals surface area contributed by atoms with Crippen LogP contribution in [0.2, 0.25) is 5.28 Å². The van der Waals surface area contributed by atoms with Gasteiger partial charge < -0.3 is 5.73 Å². The molecule has 0 fully saturated rings. The molecule has 0 atom stereocenters. The van der Waals surface area contributed by atoms with Crippen LogP contribution in [0.1, 0.15) is 25.2 Å². The smallest absolute Gasteiger partial charge is 0.222 e. The summed E-state index contributed by atoms with van der Waals surface area (Å²) >= 11 is 5.70. The summed E-state index contributed by atoms with van der Waals surface area (Å²) in [5, 5.41) is 0.290. The molecule has 0 amide bonds. The zero-order chi connectivity index (χ0) is 9.14. The van der Waals surface area contributed by atoms with Gasteiger partial charge in [-0.3, -0.25) is 0 Å². The highest BCUT2D eigenvalue weighted by molar-refractivity contribution is 6.28. The number of nitrogen functional groups attached to an aromatic ring is 1. The van der Waals surface area contributed by atoms with E-state index in [0.29, 0.717) is 5.69 Å². The van der Waals surface area contributed by atoms with Crippen molar-refractivity contribution in [3.63, 3.8) is 0 Å². The van der Waals surface area contributed by atoms with E-state index in [1.54, 1.807) is 0 Å². The fourth-order valence-corrected chi connectivity index (χ4v) is 1.28. The number of anilines is 1. The molecule has 0 radical (unpaired) electrons. The fourth-order valence-electron chi connectivity index (χ4n) is 1.07. The number of hydrogen-bond donors (Lipinski definition) is 1. The van der Waals surface area contributed by atoms with E-state index in [1.165, 1.54) is 0 Å². The van der Waals surface area contributed by atoms with Gasteiger partial charge in [0.2, 0.25) is 5.28 Å². The standard InChI is InChI=1S/C8H12ClN3/c1-3-5-7(10)6(4-2)12-8(9)11-5/h3-4,10H2,1-2H3. The summed E-state index contributed by atoms with van der Waals surface area (Å²) in [5.74, 6) is 0. The molecule has 1 aromatic rings. The van der Waals surface area contributed by atoms with Gasteiger partial charge in [-0.05, 0) is 24.4 Å². The summed E-state index contributed by atoms with van der Waals surface area (Å²) in [4.78, 5) is 8.06. The maximum atomic E-state index is 5.79. The van der Waals surface area contributed by atoms with Crippen molar-refractivity contribution < 1.29 is 0 Å². The van der Waals surface area contributed by atoms with Crippen LogP contribution in [0.25, 0.3) is 0 Å². The normalized spacial score (nSPS) is 10.2. The number of nitrogens with two attached hydrogens (primary N) is 1. The molecule has 0 aromatic carbocycles. The summed E-state index contributed by atoms with van der Waals surface area (Å²) in [6, 6.07) is 0. The van der Waals surface area contributed by atoms with Crippen molar-refractivity contribution in [3.05, 3.63) is 16.7 Å². The maximum absolute atomic E-state index is 5.79. The van der Waals surface area contributed by atoms with Gasteiger partial charge in [-0.2, -0.15) is 0 Å². The van der Waals surface area contributed by atoms with Crippen molar-refractivity contribution >= 4 is 17.3 Å². The van der Waals surface area contributed by atoms with E-state index in [9.17, 15) is 0 Å². The van der Waals surface area contributed by atoms with Crippen LogP contribution in [-0.4, -0.2) is 9.97 Å². The first-order valence-corrected chi connectivity index (χ1v) is 4.37. The number of nitrogens with zero attached hydrogens (tertiary/aromatic N) is 2. The van der Waals surface area contributed by atoms with Crippen LogP contribution in [0.15, 0.2) is 0 Å². The largest absolute Gasteiger partial charge is 0.396 e. The second-order valence-electron chi connectivity index (χ2n) is 2.51. The van der Waals surface area contributed by atoms with Gasteiger partial charge in [0.15, 0.2) is 0 Å². The van der Waals surface area contributed by atoms with Crippen LogP contribution in [0.4, 0.5) is 5.69 Å². The topological polar surface area (TPSA) is 51.8 Å². The summed E-state index contributed by atoms with van der Waals surface area (Å²) in [7, 11) is 0. The first-order valence-electron chi connectivity index (χ1n) is 3.99. The Bertz CT molecular complexity index is 261. The molecule has 0 spiro atoms. The molecule has 0 aliphatic heterocycles. The molecular weight excluding hydrogens is 174 g/mol. The molecule has 3 nitrogen and oxygen atoms in total. The number of rotatable bonds is 2. The Balaban J connectivity index is 3.22. The average molecular weight is 186 g/mol. The average Bonchev–Trinajstić information content (AvgIpc) is 2.08. The third-order valence-electron chi connectivity index (χ3n) is 1.75. The first kappa shape index (κ1) is 9.26. The number of aromatic nitrogens is 2. The molecular formula is C8H12ClN3. The summed E-state index contributed by atoms with van der Waals surface area (Å²) in [6.07, 6.45) is 1.59. The Morgan fingerprint density at radius 2 is 1.58 bits per heavy atom. The van der Waals surface area contributed by atoms with Gasteiger partial charge in [0, 0.05) is 0 Å². The molecule has 0 aliphatic carbocycles. The summed E-state index contributed by atoms with van der Waals surface area (Å²) < 4.78 is 0. The van der Waals surface area contributed by atoms with Crippen molar-refractivity contribution in [1.29, 1.82) is 0 Å². The minimum Gasteiger partial charge on any atom is -0.396 e. The Morgan fingerprint density at radius 3 is 1.92 bits per heavy atom. The van der Waals surface area contributed by atoms with Crippen molar-refractivity contribution in [2.75, 3.05) is 5.73 Å². The lowest BCUT2D eigenvalue weighted by Crippen LogP contribution is -2.04. The predicted octanol–water partition coefficient (Wildman–Crippen LogP) is 1.84. The minimum atomic E-state index is 0.290. The van der Waals surface area contributed by atoms with E-state index in [4.69, 9.17) is 17.3 Å². The Morgan fingerprint density at radius 1 is 1.17 bits per heavy atom. The number of aryl methyl sites for hydroxylation is 2. The molecule has 0 aliphatic rings. The maximum Gasteiger partial charge on any atom is 0.222 e. The van der Waals surface area contributed by atoms with Crippen LogP contribution in [0.5, 0.6) is 0 Å². The quantitative estimate of drug-likeness (QED) is 0.716. The van der Waals surface area contributed by atoms with Gasteiger partial charge in [0.1, 0.15) is 0 Å². The van der Waals surface area contributed by atoms with E-state index >= 15 is 0 Å². The van der Waals surface area contributed by atoms with Crippen molar-refractivity contribution in [3.8, 4) is 0 Å². The second kappa shape index (κ2) is 3.72. The van der Waals surface area contributed by atoms with Crippen LogP contribution >= 0.6 is 11.6 Å². The van der Waals surface area contributed by atoms with Crippen molar-refractivity contribution in [1.82, 2.24) is 9.97 Å². The van der Waals surface area contributed by atoms with Gasteiger partial charge in [-0.15, -0.1) is 0 Å². The molecule has 4 heteroatoms. The minimum absolute atomic E-state index is 0.290. The van der Waals surface area contributed by atoms with E-state index in [2.05, 4.69) is 9.97 Å². The highest BCUT2D eigenvalue weighted by Crippen LogP contribution is 2.17. The lowest BCUT2D eigenvalue weighted by atomic mass is 10.2. The van der Waals surface area contributed by atoms with Gasteiger partial charge in [-0.25, -0.2) is 9.97 Å². The second-order valence-corrected chi connectivity index (χ2v) is 2.84. The van der Waals surface area contributed by atoms with E-state index in [1.807, 2.05) is 13.8 Å². The summed E-state index contributed by atoms with van der Waals surface area (Å²) in [6.45, 7) is 3.99. The SMILES string of the molecule is CCc1nc(Cl)nc(CC)c1N. The van der Waals surface area contributed by atoms with Crippen LogP contribution in [-0.2, 0) is 12.8 Å². The van der Waals surface area contributed by atoms with E-state index in [-0.39, 0.29) is 5.28 Å². The molecule has 0 unspecified atom stereocenters. The Kier molecular flexibility index (Phi) is 2.87. The van der Waals surface area contributed by atoms with Crippen molar-refractivity contribution in [2.24, 2.45) is 0 Å². The first-order chi connectivity index (χ1) is 5.69. The monoisotopic (exact) mass is 185 g/mol. The number of hydrogen-bond acceptors (Lipinski definition) is 3.